The first-order chi connectivity index (χ1) is 7.25. The minimum absolute atomic E-state index is 0.0144. The lowest BCUT2D eigenvalue weighted by molar-refractivity contribution is -0.125. The van der Waals surface area contributed by atoms with E-state index in [0.29, 0.717) is 5.69 Å². The molecule has 1 aromatic heterocycles. The summed E-state index contributed by atoms with van der Waals surface area (Å²) >= 11 is 0. The molecule has 2 rings (SSSR count). The van der Waals surface area contributed by atoms with Crippen LogP contribution in [0.15, 0.2) is 12.4 Å². The molecule has 1 aliphatic carbocycles. The number of nitrogens with zero attached hydrogens (tertiary/aromatic N) is 1. The number of carbonyl (C=O) groups is 2. The van der Waals surface area contributed by atoms with Crippen molar-refractivity contribution in [2.75, 3.05) is 11.9 Å². The molecule has 6 heteroatoms. The van der Waals surface area contributed by atoms with Crippen LogP contribution in [0.3, 0.4) is 0 Å². The van der Waals surface area contributed by atoms with Crippen molar-refractivity contribution >= 4 is 17.5 Å². The smallest absolute Gasteiger partial charge is 0.243 e. The summed E-state index contributed by atoms with van der Waals surface area (Å²) in [6, 6.07) is 0. The number of anilines is 1. The van der Waals surface area contributed by atoms with Gasteiger partial charge in [0.05, 0.1) is 18.4 Å². The van der Waals surface area contributed by atoms with E-state index in [4.69, 9.17) is 0 Å². The van der Waals surface area contributed by atoms with Crippen molar-refractivity contribution in [1.29, 1.82) is 0 Å². The van der Waals surface area contributed by atoms with Crippen LogP contribution in [-0.2, 0) is 9.59 Å². The molecule has 0 aliphatic heterocycles. The quantitative estimate of drug-likeness (QED) is 0.644. The predicted octanol–water partition coefficient (Wildman–Crippen LogP) is -0.126. The molecular weight excluding hydrogens is 196 g/mol. The first kappa shape index (κ1) is 9.70. The van der Waals surface area contributed by atoms with Gasteiger partial charge < -0.3 is 10.6 Å². The Balaban J connectivity index is 1.70. The van der Waals surface area contributed by atoms with Crippen LogP contribution in [-0.4, -0.2) is 28.6 Å². The lowest BCUT2D eigenvalue weighted by atomic mass is 10.4. The maximum atomic E-state index is 11.3. The molecule has 0 unspecified atom stereocenters. The van der Waals surface area contributed by atoms with Gasteiger partial charge in [-0.2, -0.15) is 5.10 Å². The molecule has 6 nitrogen and oxygen atoms in total. The zero-order chi connectivity index (χ0) is 10.7. The Bertz CT molecular complexity index is 356. The van der Waals surface area contributed by atoms with E-state index in [-0.39, 0.29) is 24.3 Å². The molecule has 1 saturated carbocycles. The lowest BCUT2D eigenvalue weighted by Gasteiger charge is -2.03. The average Bonchev–Trinajstić information content (AvgIpc) is 2.95. The summed E-state index contributed by atoms with van der Waals surface area (Å²) in [4.78, 5) is 22.5. The topological polar surface area (TPSA) is 86.9 Å². The van der Waals surface area contributed by atoms with E-state index in [2.05, 4.69) is 20.8 Å². The van der Waals surface area contributed by atoms with Crippen molar-refractivity contribution < 1.29 is 9.59 Å². The summed E-state index contributed by atoms with van der Waals surface area (Å²) < 4.78 is 0. The molecule has 1 aromatic rings. The normalized spacial score (nSPS) is 14.7. The Morgan fingerprint density at radius 1 is 1.53 bits per heavy atom. The van der Waals surface area contributed by atoms with Gasteiger partial charge in [0.2, 0.25) is 11.8 Å². The van der Waals surface area contributed by atoms with Crippen molar-refractivity contribution in [2.45, 2.75) is 12.8 Å². The van der Waals surface area contributed by atoms with Crippen LogP contribution in [0.4, 0.5) is 5.69 Å². The van der Waals surface area contributed by atoms with Crippen LogP contribution < -0.4 is 10.6 Å². The van der Waals surface area contributed by atoms with Crippen LogP contribution in [0.5, 0.6) is 0 Å². The van der Waals surface area contributed by atoms with Gasteiger partial charge in [-0.3, -0.25) is 14.7 Å². The molecule has 0 radical (unpaired) electrons. The van der Waals surface area contributed by atoms with E-state index in [1.165, 1.54) is 6.20 Å². The highest BCUT2D eigenvalue weighted by molar-refractivity contribution is 5.94. The number of aromatic amines is 1. The fourth-order valence-corrected chi connectivity index (χ4v) is 1.18. The second-order valence-electron chi connectivity index (χ2n) is 3.53. The second kappa shape index (κ2) is 4.12. The molecule has 15 heavy (non-hydrogen) atoms. The highest BCUT2D eigenvalue weighted by Crippen LogP contribution is 2.28. The fourth-order valence-electron chi connectivity index (χ4n) is 1.18. The molecule has 1 fully saturated rings. The number of hydrogen-bond acceptors (Lipinski definition) is 3. The van der Waals surface area contributed by atoms with Crippen LogP contribution in [0.2, 0.25) is 0 Å². The van der Waals surface area contributed by atoms with E-state index < -0.39 is 0 Å². The summed E-state index contributed by atoms with van der Waals surface area (Å²) in [5, 5.41) is 11.4. The first-order valence-electron chi connectivity index (χ1n) is 4.82. The first-order valence-corrected chi connectivity index (χ1v) is 4.82. The number of carbonyl (C=O) groups excluding carboxylic acids is 2. The van der Waals surface area contributed by atoms with Gasteiger partial charge in [-0.25, -0.2) is 0 Å². The Hall–Kier alpha value is -1.85. The number of amides is 2. The Kier molecular flexibility index (Phi) is 2.66. The van der Waals surface area contributed by atoms with E-state index in [9.17, 15) is 9.59 Å². The third-order valence-electron chi connectivity index (χ3n) is 2.15. The molecule has 0 saturated heterocycles. The number of aromatic nitrogens is 2. The second-order valence-corrected chi connectivity index (χ2v) is 3.53. The van der Waals surface area contributed by atoms with E-state index >= 15 is 0 Å². The monoisotopic (exact) mass is 208 g/mol. The van der Waals surface area contributed by atoms with Crippen LogP contribution in [0, 0.1) is 5.92 Å². The predicted molar refractivity (Wildman–Crippen MR) is 53.0 cm³/mol. The molecule has 80 valence electrons. The highest BCUT2D eigenvalue weighted by Gasteiger charge is 2.29. The number of rotatable bonds is 4. The molecule has 0 atom stereocenters. The van der Waals surface area contributed by atoms with E-state index in [1.807, 2.05) is 0 Å². The van der Waals surface area contributed by atoms with E-state index in [0.717, 1.165) is 12.8 Å². The molecule has 3 N–H and O–H groups in total. The highest BCUT2D eigenvalue weighted by atomic mass is 16.2. The molecule has 2 amide bonds. The minimum atomic E-state index is -0.245. The van der Waals surface area contributed by atoms with Crippen molar-refractivity contribution in [3.8, 4) is 0 Å². The Morgan fingerprint density at radius 2 is 2.33 bits per heavy atom. The number of hydrogen-bond donors (Lipinski definition) is 3. The third kappa shape index (κ3) is 2.80. The summed E-state index contributed by atoms with van der Waals surface area (Å²) in [6.45, 7) is 0.0144. The van der Waals surface area contributed by atoms with Gasteiger partial charge in [0.25, 0.3) is 0 Å². The zero-order valence-corrected chi connectivity index (χ0v) is 8.12. The molecule has 0 bridgehead atoms. The fraction of sp³-hybridized carbons (Fsp3) is 0.444. The zero-order valence-electron chi connectivity index (χ0n) is 8.12. The SMILES string of the molecule is O=C(CNC(=O)C1CC1)Nc1cn[nH]c1. The minimum Gasteiger partial charge on any atom is -0.347 e. The number of H-pyrrole nitrogens is 1. The molecule has 0 aromatic carbocycles. The van der Waals surface area contributed by atoms with Crippen LogP contribution in [0.1, 0.15) is 12.8 Å². The van der Waals surface area contributed by atoms with E-state index in [1.54, 1.807) is 6.20 Å². The molecular formula is C9H12N4O2. The maximum Gasteiger partial charge on any atom is 0.243 e. The van der Waals surface area contributed by atoms with Gasteiger partial charge >= 0.3 is 0 Å². The Morgan fingerprint density at radius 3 is 2.93 bits per heavy atom. The van der Waals surface area contributed by atoms with Gasteiger partial charge in [-0.05, 0) is 12.8 Å². The van der Waals surface area contributed by atoms with Crippen molar-refractivity contribution in [3.63, 3.8) is 0 Å². The van der Waals surface area contributed by atoms with Crippen molar-refractivity contribution in [2.24, 2.45) is 5.92 Å². The van der Waals surface area contributed by atoms with Gasteiger partial charge in [-0.1, -0.05) is 0 Å². The summed E-state index contributed by atoms with van der Waals surface area (Å²) in [5.41, 5.74) is 0.598. The standard InChI is InChI=1S/C9H12N4O2/c14-8(13-7-3-11-12-4-7)5-10-9(15)6-1-2-6/h3-4,6H,1-2,5H2,(H,10,15)(H,11,12)(H,13,14). The number of nitrogens with one attached hydrogen (secondary N) is 3. The van der Waals surface area contributed by atoms with Crippen LogP contribution >= 0.6 is 0 Å². The van der Waals surface area contributed by atoms with Gasteiger partial charge in [0, 0.05) is 12.1 Å². The molecule has 0 spiro atoms. The largest absolute Gasteiger partial charge is 0.347 e. The third-order valence-corrected chi connectivity index (χ3v) is 2.15. The van der Waals surface area contributed by atoms with Gasteiger partial charge in [0.1, 0.15) is 0 Å². The molecule has 1 aliphatic rings. The average molecular weight is 208 g/mol. The summed E-state index contributed by atoms with van der Waals surface area (Å²) in [5.74, 6) is -0.144. The Labute approximate surface area is 86.4 Å². The van der Waals surface area contributed by atoms with Gasteiger partial charge in [0.15, 0.2) is 0 Å². The molecule has 1 heterocycles. The maximum absolute atomic E-state index is 11.3. The van der Waals surface area contributed by atoms with Crippen LogP contribution in [0.25, 0.3) is 0 Å². The summed E-state index contributed by atoms with van der Waals surface area (Å²) in [7, 11) is 0. The lowest BCUT2D eigenvalue weighted by Crippen LogP contribution is -2.33. The van der Waals surface area contributed by atoms with Crippen molar-refractivity contribution in [3.05, 3.63) is 12.4 Å². The van der Waals surface area contributed by atoms with Crippen molar-refractivity contribution in [1.82, 2.24) is 15.5 Å². The summed E-state index contributed by atoms with van der Waals surface area (Å²) in [6.07, 6.45) is 4.95. The van der Waals surface area contributed by atoms with Gasteiger partial charge in [-0.15, -0.1) is 0 Å².